The highest BCUT2D eigenvalue weighted by Crippen LogP contribution is 2.48. The van der Waals surface area contributed by atoms with Crippen LogP contribution in [0, 0.1) is 11.6 Å². The van der Waals surface area contributed by atoms with Gasteiger partial charge in [0, 0.05) is 16.7 Å². The first-order valence-electron chi connectivity index (χ1n) is 7.44. The third-order valence-corrected chi connectivity index (χ3v) is 4.61. The maximum Gasteiger partial charge on any atom is 0.231 e. The zero-order chi connectivity index (χ0) is 16.6. The third-order valence-electron chi connectivity index (χ3n) is 4.36. The van der Waals surface area contributed by atoms with E-state index >= 15 is 0 Å². The largest absolute Gasteiger partial charge is 0.349 e. The minimum absolute atomic E-state index is 0.143. The smallest absolute Gasteiger partial charge is 0.231 e. The van der Waals surface area contributed by atoms with Gasteiger partial charge in [0.1, 0.15) is 11.6 Å². The predicted molar refractivity (Wildman–Crippen MR) is 85.3 cm³/mol. The molecule has 2 nitrogen and oxygen atoms in total. The first-order valence-corrected chi connectivity index (χ1v) is 7.82. The molecule has 0 aromatic heterocycles. The second-order valence-corrected chi connectivity index (χ2v) is 6.39. The number of benzene rings is 2. The van der Waals surface area contributed by atoms with Gasteiger partial charge in [0.15, 0.2) is 0 Å². The monoisotopic (exact) mass is 335 g/mol. The van der Waals surface area contributed by atoms with Crippen LogP contribution in [0.25, 0.3) is 0 Å². The zero-order valence-electron chi connectivity index (χ0n) is 12.6. The van der Waals surface area contributed by atoms with Crippen molar-refractivity contribution >= 4 is 17.5 Å². The highest BCUT2D eigenvalue weighted by atomic mass is 35.5. The molecule has 2 aromatic rings. The third kappa shape index (κ3) is 3.08. The van der Waals surface area contributed by atoms with E-state index in [9.17, 15) is 13.6 Å². The molecule has 1 fully saturated rings. The van der Waals surface area contributed by atoms with Gasteiger partial charge >= 0.3 is 0 Å². The number of nitrogens with one attached hydrogen (secondary N) is 1. The molecule has 1 unspecified atom stereocenters. The van der Waals surface area contributed by atoms with Gasteiger partial charge in [-0.25, -0.2) is 8.78 Å². The summed E-state index contributed by atoms with van der Waals surface area (Å²) in [6.07, 6.45) is 1.50. The van der Waals surface area contributed by atoms with Crippen molar-refractivity contribution in [3.63, 3.8) is 0 Å². The first kappa shape index (κ1) is 15.9. The van der Waals surface area contributed by atoms with Gasteiger partial charge in [-0.2, -0.15) is 0 Å². The van der Waals surface area contributed by atoms with Crippen molar-refractivity contribution in [3.8, 4) is 0 Å². The quantitative estimate of drug-likeness (QED) is 0.874. The van der Waals surface area contributed by atoms with Crippen molar-refractivity contribution in [1.29, 1.82) is 0 Å². The highest BCUT2D eigenvalue weighted by molar-refractivity contribution is 6.30. The van der Waals surface area contributed by atoms with Gasteiger partial charge < -0.3 is 5.32 Å². The second-order valence-electron chi connectivity index (χ2n) is 5.95. The van der Waals surface area contributed by atoms with Gasteiger partial charge in [-0.05, 0) is 43.5 Å². The molecule has 5 heteroatoms. The van der Waals surface area contributed by atoms with E-state index in [0.717, 1.165) is 24.5 Å². The Labute approximate surface area is 138 Å². The van der Waals surface area contributed by atoms with Crippen molar-refractivity contribution in [3.05, 3.63) is 70.2 Å². The molecule has 0 aliphatic heterocycles. The van der Waals surface area contributed by atoms with Crippen LogP contribution >= 0.6 is 11.6 Å². The fraction of sp³-hybridized carbons (Fsp3) is 0.278. The number of carbonyl (C=O) groups excluding carboxylic acids is 1. The number of carbonyl (C=O) groups is 1. The molecule has 23 heavy (non-hydrogen) atoms. The fourth-order valence-corrected chi connectivity index (χ4v) is 2.93. The Kier molecular flexibility index (Phi) is 4.11. The van der Waals surface area contributed by atoms with Crippen molar-refractivity contribution in [2.45, 2.75) is 31.2 Å². The maximum atomic E-state index is 13.8. The second kappa shape index (κ2) is 5.93. The van der Waals surface area contributed by atoms with Crippen molar-refractivity contribution < 1.29 is 13.6 Å². The summed E-state index contributed by atoms with van der Waals surface area (Å²) in [4.78, 5) is 12.6. The van der Waals surface area contributed by atoms with Gasteiger partial charge in [0.05, 0.1) is 11.5 Å². The van der Waals surface area contributed by atoms with Crippen LogP contribution < -0.4 is 5.32 Å². The minimum atomic E-state index is -0.658. The van der Waals surface area contributed by atoms with E-state index in [1.165, 1.54) is 12.1 Å². The number of halogens is 3. The lowest BCUT2D eigenvalue weighted by Gasteiger charge is -2.21. The van der Waals surface area contributed by atoms with Crippen LogP contribution in [-0.2, 0) is 10.2 Å². The molecule has 1 aliphatic rings. The highest BCUT2D eigenvalue weighted by Gasteiger charge is 2.51. The van der Waals surface area contributed by atoms with Crippen LogP contribution in [0.1, 0.15) is 36.9 Å². The number of hydrogen-bond acceptors (Lipinski definition) is 1. The van der Waals surface area contributed by atoms with Crippen LogP contribution in [0.15, 0.2) is 42.5 Å². The summed E-state index contributed by atoms with van der Waals surface area (Å²) in [5.74, 6) is -1.44. The van der Waals surface area contributed by atoms with E-state index < -0.39 is 23.1 Å². The molecular formula is C18H16ClF2NO. The Morgan fingerprint density at radius 3 is 2.39 bits per heavy atom. The molecule has 0 heterocycles. The molecule has 3 rings (SSSR count). The minimum Gasteiger partial charge on any atom is -0.349 e. The number of hydrogen-bond donors (Lipinski definition) is 1. The fourth-order valence-electron chi connectivity index (χ4n) is 2.81. The summed E-state index contributed by atoms with van der Waals surface area (Å²) in [7, 11) is 0. The van der Waals surface area contributed by atoms with E-state index in [4.69, 9.17) is 11.6 Å². The van der Waals surface area contributed by atoms with E-state index in [0.29, 0.717) is 5.02 Å². The van der Waals surface area contributed by atoms with Crippen LogP contribution in [-0.4, -0.2) is 5.91 Å². The number of rotatable bonds is 4. The standard InChI is InChI=1S/C18H16ClF2NO/c1-11(15-7-6-14(20)10-16(15)21)22-17(23)18(8-9-18)12-2-4-13(19)5-3-12/h2-7,10-11H,8-9H2,1H3,(H,22,23). The lowest BCUT2D eigenvalue weighted by Crippen LogP contribution is -2.36. The summed E-state index contributed by atoms with van der Waals surface area (Å²) in [5, 5.41) is 3.46. The SMILES string of the molecule is CC(NC(=O)C1(c2ccc(Cl)cc2)CC1)c1ccc(F)cc1F. The summed E-state index contributed by atoms with van der Waals surface area (Å²) in [6, 6.07) is 10.0. The van der Waals surface area contributed by atoms with Crippen molar-refractivity contribution in [1.82, 2.24) is 5.32 Å². The molecule has 2 aromatic carbocycles. The van der Waals surface area contributed by atoms with Crippen LogP contribution in [0.3, 0.4) is 0 Å². The first-order chi connectivity index (χ1) is 10.9. The van der Waals surface area contributed by atoms with E-state index in [2.05, 4.69) is 5.32 Å². The molecule has 0 radical (unpaired) electrons. The van der Waals surface area contributed by atoms with Gasteiger partial charge in [-0.15, -0.1) is 0 Å². The van der Waals surface area contributed by atoms with Crippen molar-refractivity contribution in [2.75, 3.05) is 0 Å². The molecular weight excluding hydrogens is 320 g/mol. The summed E-state index contributed by atoms with van der Waals surface area (Å²) in [6.45, 7) is 1.69. The topological polar surface area (TPSA) is 29.1 Å². The van der Waals surface area contributed by atoms with E-state index in [1.54, 1.807) is 19.1 Å². The lowest BCUT2D eigenvalue weighted by molar-refractivity contribution is -0.124. The summed E-state index contributed by atoms with van der Waals surface area (Å²) >= 11 is 5.88. The Balaban J connectivity index is 1.77. The molecule has 1 saturated carbocycles. The van der Waals surface area contributed by atoms with E-state index in [1.807, 2.05) is 12.1 Å². The van der Waals surface area contributed by atoms with Crippen molar-refractivity contribution in [2.24, 2.45) is 0 Å². The van der Waals surface area contributed by atoms with Gasteiger partial charge in [0.25, 0.3) is 0 Å². The Bertz CT molecular complexity index is 741. The van der Waals surface area contributed by atoms with Gasteiger partial charge in [-0.1, -0.05) is 29.8 Å². The summed E-state index contributed by atoms with van der Waals surface area (Å²) < 4.78 is 26.8. The van der Waals surface area contributed by atoms with E-state index in [-0.39, 0.29) is 11.5 Å². The molecule has 0 spiro atoms. The number of amides is 1. The van der Waals surface area contributed by atoms with Crippen LogP contribution in [0.2, 0.25) is 5.02 Å². The average molecular weight is 336 g/mol. The maximum absolute atomic E-state index is 13.8. The zero-order valence-corrected chi connectivity index (χ0v) is 13.3. The molecule has 1 atom stereocenters. The molecule has 0 saturated heterocycles. The normalized spacial score (nSPS) is 16.7. The average Bonchev–Trinajstić information content (AvgIpc) is 3.29. The Morgan fingerprint density at radius 2 is 1.83 bits per heavy atom. The van der Waals surface area contributed by atoms with Gasteiger partial charge in [-0.3, -0.25) is 4.79 Å². The molecule has 0 bridgehead atoms. The lowest BCUT2D eigenvalue weighted by atomic mass is 9.94. The molecule has 1 N–H and O–H groups in total. The molecule has 1 aliphatic carbocycles. The Hall–Kier alpha value is -1.94. The summed E-state index contributed by atoms with van der Waals surface area (Å²) in [5.41, 5.74) is 0.618. The van der Waals surface area contributed by atoms with Crippen LogP contribution in [0.5, 0.6) is 0 Å². The molecule has 1 amide bonds. The van der Waals surface area contributed by atoms with Crippen LogP contribution in [0.4, 0.5) is 8.78 Å². The Morgan fingerprint density at radius 1 is 1.17 bits per heavy atom. The predicted octanol–water partition coefficient (Wildman–Crippen LogP) is 4.53. The van der Waals surface area contributed by atoms with Gasteiger partial charge in [0.2, 0.25) is 5.91 Å². The molecule has 120 valence electrons.